The normalized spacial score (nSPS) is 10.9. The van der Waals surface area contributed by atoms with Gasteiger partial charge in [0.2, 0.25) is 0 Å². The molecule has 0 aliphatic rings. The average Bonchev–Trinajstić information content (AvgIpc) is 3.19. The highest BCUT2D eigenvalue weighted by Gasteiger charge is 2.13. The number of aromatic nitrogens is 5. The second kappa shape index (κ2) is 13.0. The van der Waals surface area contributed by atoms with Gasteiger partial charge in [0, 0.05) is 46.4 Å². The van der Waals surface area contributed by atoms with Gasteiger partial charge < -0.3 is 0 Å². The van der Waals surface area contributed by atoms with Crippen LogP contribution < -0.4 is 0 Å². The average molecular weight is 616 g/mol. The predicted molar refractivity (Wildman–Crippen MR) is 193 cm³/mol. The van der Waals surface area contributed by atoms with Crippen molar-refractivity contribution >= 4 is 0 Å². The third kappa shape index (κ3) is 6.13. The van der Waals surface area contributed by atoms with Crippen molar-refractivity contribution in [1.29, 1.82) is 0 Å². The molecule has 0 amide bonds. The molecular formula is C43H29N5. The van der Waals surface area contributed by atoms with Crippen molar-refractivity contribution in [2.75, 3.05) is 0 Å². The quantitative estimate of drug-likeness (QED) is 0.178. The maximum absolute atomic E-state index is 4.94. The van der Waals surface area contributed by atoms with Crippen LogP contribution in [0.5, 0.6) is 0 Å². The van der Waals surface area contributed by atoms with Crippen LogP contribution in [0.2, 0.25) is 0 Å². The van der Waals surface area contributed by atoms with Gasteiger partial charge in [0.25, 0.3) is 0 Å². The highest BCUT2D eigenvalue weighted by atomic mass is 15.0. The molecule has 0 aliphatic heterocycles. The van der Waals surface area contributed by atoms with Gasteiger partial charge in [-0.05, 0) is 46.0 Å². The summed E-state index contributed by atoms with van der Waals surface area (Å²) in [6, 6.07) is 53.8. The van der Waals surface area contributed by atoms with E-state index in [9.17, 15) is 0 Å². The summed E-state index contributed by atoms with van der Waals surface area (Å²) in [5.41, 5.74) is 11.5. The second-order valence-electron chi connectivity index (χ2n) is 11.4. The lowest BCUT2D eigenvalue weighted by Gasteiger charge is -2.10. The zero-order chi connectivity index (χ0) is 32.1. The Bertz CT molecular complexity index is 2270. The van der Waals surface area contributed by atoms with Gasteiger partial charge in [0.05, 0.1) is 5.69 Å². The van der Waals surface area contributed by atoms with Gasteiger partial charge in [-0.1, -0.05) is 140 Å². The van der Waals surface area contributed by atoms with Crippen molar-refractivity contribution in [3.8, 4) is 78.8 Å². The minimum absolute atomic E-state index is 0.634. The molecule has 3 aromatic heterocycles. The lowest BCUT2D eigenvalue weighted by Crippen LogP contribution is -2.00. The maximum atomic E-state index is 4.94. The fraction of sp³-hybridized carbons (Fsp3) is 0. The van der Waals surface area contributed by atoms with E-state index in [4.69, 9.17) is 15.0 Å². The predicted octanol–water partition coefficient (Wildman–Crippen LogP) is 10.3. The molecule has 5 nitrogen and oxygen atoms in total. The van der Waals surface area contributed by atoms with E-state index in [0.717, 1.165) is 55.8 Å². The summed E-state index contributed by atoms with van der Waals surface area (Å²) in [6.45, 7) is 0. The van der Waals surface area contributed by atoms with E-state index in [1.165, 1.54) is 5.56 Å². The third-order valence-corrected chi connectivity index (χ3v) is 8.33. The Labute approximate surface area is 279 Å². The summed E-state index contributed by atoms with van der Waals surface area (Å²) < 4.78 is 0. The zero-order valence-corrected chi connectivity index (χ0v) is 26.0. The van der Waals surface area contributed by atoms with E-state index in [-0.39, 0.29) is 0 Å². The lowest BCUT2D eigenvalue weighted by molar-refractivity contribution is 1.07. The van der Waals surface area contributed by atoms with Gasteiger partial charge in [0.15, 0.2) is 17.5 Å². The Morgan fingerprint density at radius 1 is 0.271 bits per heavy atom. The molecule has 0 radical (unpaired) electrons. The molecule has 0 N–H and O–H groups in total. The number of rotatable bonds is 7. The zero-order valence-electron chi connectivity index (χ0n) is 26.0. The summed E-state index contributed by atoms with van der Waals surface area (Å²) in [6.07, 6.45) is 5.51. The van der Waals surface area contributed by atoms with E-state index < -0.39 is 0 Å². The van der Waals surface area contributed by atoms with Gasteiger partial charge in [0.1, 0.15) is 0 Å². The van der Waals surface area contributed by atoms with E-state index in [1.54, 1.807) is 6.20 Å². The first-order valence-corrected chi connectivity index (χ1v) is 15.8. The molecule has 226 valence electrons. The topological polar surface area (TPSA) is 64.5 Å². The Kier molecular flexibility index (Phi) is 7.83. The molecule has 0 aliphatic carbocycles. The minimum atomic E-state index is 0.634. The first-order valence-electron chi connectivity index (χ1n) is 15.8. The number of benzene rings is 5. The third-order valence-electron chi connectivity index (χ3n) is 8.33. The summed E-state index contributed by atoms with van der Waals surface area (Å²) in [5.74, 6) is 1.92. The molecule has 5 heteroatoms. The minimum Gasteiger partial charge on any atom is -0.264 e. The fourth-order valence-electron chi connectivity index (χ4n) is 5.71. The monoisotopic (exact) mass is 615 g/mol. The molecule has 0 atom stereocenters. The smallest absolute Gasteiger partial charge is 0.164 e. The van der Waals surface area contributed by atoms with Crippen LogP contribution in [0.4, 0.5) is 0 Å². The molecule has 3 heterocycles. The molecule has 0 fully saturated rings. The first-order chi connectivity index (χ1) is 23.8. The number of pyridine rings is 2. The first kappa shape index (κ1) is 28.9. The van der Waals surface area contributed by atoms with Crippen LogP contribution >= 0.6 is 0 Å². The molecule has 0 bridgehead atoms. The van der Waals surface area contributed by atoms with Gasteiger partial charge in [-0.25, -0.2) is 15.0 Å². The Morgan fingerprint density at radius 2 is 0.646 bits per heavy atom. The number of nitrogens with zero attached hydrogens (tertiary/aromatic N) is 5. The van der Waals surface area contributed by atoms with Crippen molar-refractivity contribution < 1.29 is 0 Å². The van der Waals surface area contributed by atoms with Crippen LogP contribution in [0.25, 0.3) is 78.8 Å². The van der Waals surface area contributed by atoms with Crippen LogP contribution in [0.3, 0.4) is 0 Å². The molecule has 0 unspecified atom stereocenters. The van der Waals surface area contributed by atoms with Crippen molar-refractivity contribution in [1.82, 2.24) is 24.9 Å². The molecule has 8 rings (SSSR count). The maximum Gasteiger partial charge on any atom is 0.164 e. The van der Waals surface area contributed by atoms with Crippen LogP contribution in [0, 0.1) is 0 Å². The van der Waals surface area contributed by atoms with E-state index >= 15 is 0 Å². The molecule has 0 spiro atoms. The van der Waals surface area contributed by atoms with Crippen LogP contribution in [0.15, 0.2) is 176 Å². The van der Waals surface area contributed by atoms with Crippen LogP contribution in [-0.4, -0.2) is 24.9 Å². The van der Waals surface area contributed by atoms with Gasteiger partial charge in [-0.15, -0.1) is 0 Å². The fourth-order valence-corrected chi connectivity index (χ4v) is 5.71. The van der Waals surface area contributed by atoms with Crippen LogP contribution in [-0.2, 0) is 0 Å². The Hall–Kier alpha value is -6.59. The summed E-state index contributed by atoms with van der Waals surface area (Å²) in [4.78, 5) is 23.6. The second-order valence-corrected chi connectivity index (χ2v) is 11.4. The van der Waals surface area contributed by atoms with Crippen molar-refractivity contribution in [2.24, 2.45) is 0 Å². The molecule has 5 aromatic carbocycles. The lowest BCUT2D eigenvalue weighted by atomic mass is 10.00. The van der Waals surface area contributed by atoms with E-state index in [1.807, 2.05) is 67.0 Å². The van der Waals surface area contributed by atoms with Crippen molar-refractivity contribution in [3.05, 3.63) is 176 Å². The number of hydrogen-bond donors (Lipinski definition) is 0. The SMILES string of the molecule is c1ccc(-c2ccc(-c3nc(-c4ccccc4)nc(-c4ccc(-c5ccc(-c6ccc(-c7cccnc7)nc6)cc5)cc4)n3)cc2)cc1. The van der Waals surface area contributed by atoms with Gasteiger partial charge >= 0.3 is 0 Å². The largest absolute Gasteiger partial charge is 0.264 e. The van der Waals surface area contributed by atoms with Gasteiger partial charge in [-0.2, -0.15) is 0 Å². The van der Waals surface area contributed by atoms with Crippen molar-refractivity contribution in [2.45, 2.75) is 0 Å². The molecule has 0 saturated heterocycles. The molecule has 48 heavy (non-hydrogen) atoms. The Morgan fingerprint density at radius 3 is 1.08 bits per heavy atom. The van der Waals surface area contributed by atoms with E-state index in [2.05, 4.69) is 113 Å². The molecule has 0 saturated carbocycles. The highest BCUT2D eigenvalue weighted by Crippen LogP contribution is 2.30. The summed E-state index contributed by atoms with van der Waals surface area (Å²) >= 11 is 0. The van der Waals surface area contributed by atoms with Gasteiger partial charge in [-0.3, -0.25) is 9.97 Å². The number of hydrogen-bond acceptors (Lipinski definition) is 5. The standard InChI is InChI=1S/C43H29N5/c1-3-8-30(9-4-1)31-17-21-36(22-18-31)42-46-41(35-10-5-2-6-11-35)47-43(48-42)37-23-19-33(20-24-37)32-13-15-34(16-14-32)38-25-26-40(45-29-38)39-12-7-27-44-28-39/h1-29H. The Balaban J connectivity index is 1.07. The van der Waals surface area contributed by atoms with Crippen molar-refractivity contribution in [3.63, 3.8) is 0 Å². The summed E-state index contributed by atoms with van der Waals surface area (Å²) in [5, 5.41) is 0. The summed E-state index contributed by atoms with van der Waals surface area (Å²) in [7, 11) is 0. The highest BCUT2D eigenvalue weighted by molar-refractivity contribution is 5.74. The van der Waals surface area contributed by atoms with Crippen LogP contribution in [0.1, 0.15) is 0 Å². The molecular weight excluding hydrogens is 587 g/mol. The molecule has 8 aromatic rings. The van der Waals surface area contributed by atoms with E-state index in [0.29, 0.717) is 17.5 Å².